The maximum atomic E-state index is 12.5. The Labute approximate surface area is 142 Å². The lowest BCUT2D eigenvalue weighted by Crippen LogP contribution is -2.52. The van der Waals surface area contributed by atoms with Crippen molar-refractivity contribution in [3.63, 3.8) is 0 Å². The molecule has 2 saturated carbocycles. The van der Waals surface area contributed by atoms with Crippen LogP contribution in [-0.2, 0) is 11.8 Å². The van der Waals surface area contributed by atoms with E-state index in [1.54, 1.807) is 17.1 Å². The van der Waals surface area contributed by atoms with Crippen molar-refractivity contribution in [3.8, 4) is 0 Å². The van der Waals surface area contributed by atoms with Gasteiger partial charge in [0, 0.05) is 38.3 Å². The highest BCUT2D eigenvalue weighted by atomic mass is 16.2. The molecule has 24 heavy (non-hydrogen) atoms. The topological polar surface area (TPSA) is 67.2 Å². The first kappa shape index (κ1) is 15.7. The summed E-state index contributed by atoms with van der Waals surface area (Å²) in [5.74, 6) is 1.31. The van der Waals surface area contributed by atoms with Gasteiger partial charge in [-0.25, -0.2) is 0 Å². The monoisotopic (exact) mass is 330 g/mol. The summed E-state index contributed by atoms with van der Waals surface area (Å²) in [4.78, 5) is 26.7. The normalized spacial score (nSPS) is 34.8. The average molecular weight is 330 g/mol. The molecule has 2 heterocycles. The number of nitrogens with zero attached hydrogens (tertiary/aromatic N) is 3. The molecule has 2 amide bonds. The van der Waals surface area contributed by atoms with Crippen molar-refractivity contribution in [2.45, 2.75) is 45.1 Å². The number of carbonyl (C=O) groups is 2. The summed E-state index contributed by atoms with van der Waals surface area (Å²) in [6, 6.07) is 0.233. The fourth-order valence-corrected chi connectivity index (χ4v) is 4.71. The van der Waals surface area contributed by atoms with Gasteiger partial charge in [-0.3, -0.25) is 14.3 Å². The standard InChI is InChI=1S/C18H26N4O2/c1-12-5-13(6-12)17(24)22-4-3-18(11-22)7-15(8-18)20-16(23)14-9-19-21(2)10-14/h9-10,12-13,15H,3-8,11H2,1-2H3,(H,20,23). The van der Waals surface area contributed by atoms with Crippen LogP contribution in [0.5, 0.6) is 0 Å². The van der Waals surface area contributed by atoms with E-state index in [0.29, 0.717) is 17.4 Å². The molecule has 1 saturated heterocycles. The van der Waals surface area contributed by atoms with Gasteiger partial charge in [0.1, 0.15) is 0 Å². The molecule has 3 fully saturated rings. The zero-order chi connectivity index (χ0) is 16.9. The van der Waals surface area contributed by atoms with Gasteiger partial charge in [0.05, 0.1) is 11.8 Å². The fourth-order valence-electron chi connectivity index (χ4n) is 4.71. The van der Waals surface area contributed by atoms with Crippen LogP contribution in [0.15, 0.2) is 12.4 Å². The molecule has 2 aliphatic carbocycles. The summed E-state index contributed by atoms with van der Waals surface area (Å²) < 4.78 is 1.64. The van der Waals surface area contributed by atoms with E-state index in [2.05, 4.69) is 22.2 Å². The molecule has 3 aliphatic rings. The molecule has 6 heteroatoms. The second-order valence-corrected chi connectivity index (χ2v) is 8.26. The summed E-state index contributed by atoms with van der Waals surface area (Å²) in [6.07, 6.45) is 8.52. The largest absolute Gasteiger partial charge is 0.349 e. The van der Waals surface area contributed by atoms with E-state index < -0.39 is 0 Å². The molecule has 1 aromatic rings. The fraction of sp³-hybridized carbons (Fsp3) is 0.722. The smallest absolute Gasteiger partial charge is 0.254 e. The zero-order valence-electron chi connectivity index (χ0n) is 14.5. The summed E-state index contributed by atoms with van der Waals surface area (Å²) in [7, 11) is 1.81. The number of likely N-dealkylation sites (tertiary alicyclic amines) is 1. The highest BCUT2D eigenvalue weighted by Gasteiger charge is 2.50. The maximum absolute atomic E-state index is 12.5. The van der Waals surface area contributed by atoms with Crippen molar-refractivity contribution < 1.29 is 9.59 Å². The highest BCUT2D eigenvalue weighted by Crippen LogP contribution is 2.49. The number of carbonyl (C=O) groups excluding carboxylic acids is 2. The van der Waals surface area contributed by atoms with Crippen molar-refractivity contribution in [1.82, 2.24) is 20.0 Å². The van der Waals surface area contributed by atoms with Crippen LogP contribution in [0.4, 0.5) is 0 Å². The number of hydrogen-bond donors (Lipinski definition) is 1. The summed E-state index contributed by atoms with van der Waals surface area (Å²) in [5.41, 5.74) is 0.860. The van der Waals surface area contributed by atoms with Crippen molar-refractivity contribution >= 4 is 11.8 Å². The van der Waals surface area contributed by atoms with Crippen LogP contribution in [0.25, 0.3) is 0 Å². The van der Waals surface area contributed by atoms with Crippen LogP contribution >= 0.6 is 0 Å². The van der Waals surface area contributed by atoms with Crippen LogP contribution in [-0.4, -0.2) is 45.6 Å². The Bertz CT molecular complexity index is 656. The quantitative estimate of drug-likeness (QED) is 0.915. The third kappa shape index (κ3) is 2.72. The lowest BCUT2D eigenvalue weighted by atomic mass is 9.65. The van der Waals surface area contributed by atoms with E-state index in [1.165, 1.54) is 0 Å². The predicted molar refractivity (Wildman–Crippen MR) is 89.2 cm³/mol. The van der Waals surface area contributed by atoms with Crippen molar-refractivity contribution in [3.05, 3.63) is 18.0 Å². The number of hydrogen-bond acceptors (Lipinski definition) is 3. The van der Waals surface area contributed by atoms with Crippen molar-refractivity contribution in [1.29, 1.82) is 0 Å². The Hall–Kier alpha value is -1.85. The van der Waals surface area contributed by atoms with E-state index in [4.69, 9.17) is 0 Å². The van der Waals surface area contributed by atoms with E-state index in [0.717, 1.165) is 45.2 Å². The highest BCUT2D eigenvalue weighted by molar-refractivity contribution is 5.94. The molecule has 6 nitrogen and oxygen atoms in total. The van der Waals surface area contributed by atoms with Crippen LogP contribution in [0, 0.1) is 17.3 Å². The maximum Gasteiger partial charge on any atom is 0.254 e. The van der Waals surface area contributed by atoms with Gasteiger partial charge in [0.25, 0.3) is 5.91 Å². The first-order valence-electron chi connectivity index (χ1n) is 9.02. The van der Waals surface area contributed by atoms with E-state index in [9.17, 15) is 9.59 Å². The van der Waals surface area contributed by atoms with E-state index in [-0.39, 0.29) is 23.3 Å². The van der Waals surface area contributed by atoms with Crippen LogP contribution < -0.4 is 5.32 Å². The third-order valence-corrected chi connectivity index (χ3v) is 6.13. The number of rotatable bonds is 3. The molecule has 0 atom stereocenters. The molecular weight excluding hydrogens is 304 g/mol. The minimum Gasteiger partial charge on any atom is -0.349 e. The van der Waals surface area contributed by atoms with Crippen molar-refractivity contribution in [2.24, 2.45) is 24.3 Å². The number of amides is 2. The molecule has 1 spiro atoms. The minimum atomic E-state index is -0.0441. The number of nitrogens with one attached hydrogen (secondary N) is 1. The first-order chi connectivity index (χ1) is 11.4. The Morgan fingerprint density at radius 2 is 2.08 bits per heavy atom. The Morgan fingerprint density at radius 1 is 1.33 bits per heavy atom. The lowest BCUT2D eigenvalue weighted by Gasteiger charge is -2.45. The average Bonchev–Trinajstić information content (AvgIpc) is 3.09. The van der Waals surface area contributed by atoms with Crippen LogP contribution in [0.1, 0.15) is 49.4 Å². The third-order valence-electron chi connectivity index (χ3n) is 6.13. The predicted octanol–water partition coefficient (Wildman–Crippen LogP) is 1.58. The Balaban J connectivity index is 1.26. The lowest BCUT2D eigenvalue weighted by molar-refractivity contribution is -0.139. The molecule has 0 radical (unpaired) electrons. The van der Waals surface area contributed by atoms with Crippen LogP contribution in [0.3, 0.4) is 0 Å². The van der Waals surface area contributed by atoms with Gasteiger partial charge >= 0.3 is 0 Å². The molecule has 0 bridgehead atoms. The van der Waals surface area contributed by atoms with Gasteiger partial charge in [-0.2, -0.15) is 5.10 Å². The van der Waals surface area contributed by atoms with E-state index >= 15 is 0 Å². The van der Waals surface area contributed by atoms with Crippen molar-refractivity contribution in [2.75, 3.05) is 13.1 Å². The summed E-state index contributed by atoms with van der Waals surface area (Å²) >= 11 is 0. The minimum absolute atomic E-state index is 0.0441. The van der Waals surface area contributed by atoms with Gasteiger partial charge in [0.15, 0.2) is 0 Å². The molecule has 1 aromatic heterocycles. The molecule has 0 unspecified atom stereocenters. The summed E-state index contributed by atoms with van der Waals surface area (Å²) in [6.45, 7) is 4.00. The van der Waals surface area contributed by atoms with Gasteiger partial charge < -0.3 is 10.2 Å². The van der Waals surface area contributed by atoms with Gasteiger partial charge in [-0.15, -0.1) is 0 Å². The zero-order valence-corrected chi connectivity index (χ0v) is 14.5. The number of aromatic nitrogens is 2. The second-order valence-electron chi connectivity index (χ2n) is 8.26. The Kier molecular flexibility index (Phi) is 3.66. The van der Waals surface area contributed by atoms with Crippen LogP contribution in [0.2, 0.25) is 0 Å². The van der Waals surface area contributed by atoms with Gasteiger partial charge in [-0.1, -0.05) is 6.92 Å². The number of aryl methyl sites for hydroxylation is 1. The van der Waals surface area contributed by atoms with E-state index in [1.807, 2.05) is 7.05 Å². The summed E-state index contributed by atoms with van der Waals surface area (Å²) in [5, 5.41) is 7.13. The molecule has 1 N–H and O–H groups in total. The molecule has 4 rings (SSSR count). The molecule has 130 valence electrons. The molecule has 0 aromatic carbocycles. The Morgan fingerprint density at radius 3 is 2.71 bits per heavy atom. The van der Waals surface area contributed by atoms with Gasteiger partial charge in [-0.05, 0) is 43.4 Å². The molecular formula is C18H26N4O2. The first-order valence-corrected chi connectivity index (χ1v) is 9.02. The SMILES string of the molecule is CC1CC(C(=O)N2CCC3(CC(NC(=O)c4cnn(C)c4)C3)C2)C1. The second kappa shape index (κ2) is 5.60. The van der Waals surface area contributed by atoms with Gasteiger partial charge in [0.2, 0.25) is 5.91 Å². The molecule has 1 aliphatic heterocycles.